The van der Waals surface area contributed by atoms with Crippen molar-refractivity contribution in [2.24, 2.45) is 5.41 Å². The van der Waals surface area contributed by atoms with E-state index in [0.717, 1.165) is 30.2 Å². The van der Waals surface area contributed by atoms with E-state index in [0.29, 0.717) is 12.5 Å². The fourth-order valence-electron chi connectivity index (χ4n) is 1.85. The molecule has 5 heteroatoms. The third-order valence-electron chi connectivity index (χ3n) is 3.17. The van der Waals surface area contributed by atoms with Gasteiger partial charge in [0.1, 0.15) is 18.0 Å². The quantitative estimate of drug-likeness (QED) is 0.683. The highest BCUT2D eigenvalue weighted by molar-refractivity contribution is 5.59. The molecule has 1 aromatic heterocycles. The Bertz CT molecular complexity index is 418. The van der Waals surface area contributed by atoms with Crippen molar-refractivity contribution in [3.05, 3.63) is 11.9 Å². The van der Waals surface area contributed by atoms with Crippen LogP contribution in [-0.2, 0) is 0 Å². The van der Waals surface area contributed by atoms with Gasteiger partial charge in [-0.2, -0.15) is 0 Å². The number of aliphatic hydroxyl groups is 1. The van der Waals surface area contributed by atoms with E-state index in [1.54, 1.807) is 6.33 Å². The van der Waals surface area contributed by atoms with Gasteiger partial charge in [0.2, 0.25) is 0 Å². The first-order valence-electron chi connectivity index (χ1n) is 7.34. The summed E-state index contributed by atoms with van der Waals surface area (Å²) in [5.41, 5.74) is 0.936. The molecule has 20 heavy (non-hydrogen) atoms. The highest BCUT2D eigenvalue weighted by Gasteiger charge is 2.19. The van der Waals surface area contributed by atoms with Crippen LogP contribution < -0.4 is 10.6 Å². The molecule has 1 heterocycles. The molecule has 0 saturated carbocycles. The van der Waals surface area contributed by atoms with Gasteiger partial charge in [0.25, 0.3) is 0 Å². The zero-order valence-electron chi connectivity index (χ0n) is 13.3. The average Bonchev–Trinajstić information content (AvgIpc) is 2.42. The SMILES string of the molecule is CCCNc1ncnc(NCC(C)(C)CO)c1C(C)C. The van der Waals surface area contributed by atoms with Gasteiger partial charge in [-0.25, -0.2) is 9.97 Å². The second-order valence-electron chi connectivity index (χ2n) is 6.24. The van der Waals surface area contributed by atoms with Gasteiger partial charge in [-0.1, -0.05) is 34.6 Å². The Balaban J connectivity index is 2.94. The Morgan fingerprint density at radius 3 is 2.30 bits per heavy atom. The molecular formula is C15H28N4O. The van der Waals surface area contributed by atoms with Crippen LogP contribution in [0.1, 0.15) is 52.5 Å². The molecule has 0 unspecified atom stereocenters. The molecular weight excluding hydrogens is 252 g/mol. The maximum Gasteiger partial charge on any atom is 0.135 e. The number of rotatable bonds is 8. The van der Waals surface area contributed by atoms with Crippen LogP contribution in [0.4, 0.5) is 11.6 Å². The standard InChI is InChI=1S/C15H28N4O/c1-6-7-16-13-12(11(2)3)14(19-10-18-13)17-8-15(4,5)9-20/h10-11,20H,6-9H2,1-5H3,(H2,16,17,18,19). The summed E-state index contributed by atoms with van der Waals surface area (Å²) in [5.74, 6) is 2.09. The predicted molar refractivity (Wildman–Crippen MR) is 84.3 cm³/mol. The minimum absolute atomic E-state index is 0.142. The fraction of sp³-hybridized carbons (Fsp3) is 0.733. The van der Waals surface area contributed by atoms with E-state index in [1.807, 2.05) is 13.8 Å². The van der Waals surface area contributed by atoms with Crippen molar-refractivity contribution < 1.29 is 5.11 Å². The number of hydrogen-bond donors (Lipinski definition) is 3. The van der Waals surface area contributed by atoms with Crippen molar-refractivity contribution in [1.82, 2.24) is 9.97 Å². The number of nitrogens with zero attached hydrogens (tertiary/aromatic N) is 2. The Morgan fingerprint density at radius 1 is 1.20 bits per heavy atom. The molecule has 0 aromatic carbocycles. The summed E-state index contributed by atoms with van der Waals surface area (Å²) >= 11 is 0. The molecule has 3 N–H and O–H groups in total. The van der Waals surface area contributed by atoms with Crippen LogP contribution >= 0.6 is 0 Å². The molecule has 0 bridgehead atoms. The second kappa shape index (κ2) is 7.43. The molecule has 0 fully saturated rings. The zero-order valence-corrected chi connectivity index (χ0v) is 13.3. The number of aliphatic hydroxyl groups excluding tert-OH is 1. The molecule has 0 aliphatic rings. The van der Waals surface area contributed by atoms with E-state index >= 15 is 0 Å². The highest BCUT2D eigenvalue weighted by Crippen LogP contribution is 2.29. The van der Waals surface area contributed by atoms with Crippen molar-refractivity contribution in [3.63, 3.8) is 0 Å². The lowest BCUT2D eigenvalue weighted by molar-refractivity contribution is 0.170. The van der Waals surface area contributed by atoms with Crippen LogP contribution in [0.2, 0.25) is 0 Å². The van der Waals surface area contributed by atoms with Crippen LogP contribution in [0.5, 0.6) is 0 Å². The zero-order chi connectivity index (χ0) is 15.2. The van der Waals surface area contributed by atoms with Crippen molar-refractivity contribution >= 4 is 11.6 Å². The molecule has 0 radical (unpaired) electrons. The first kappa shape index (κ1) is 16.7. The molecule has 1 aromatic rings. The third kappa shape index (κ3) is 4.63. The maximum absolute atomic E-state index is 9.34. The smallest absolute Gasteiger partial charge is 0.135 e. The maximum atomic E-state index is 9.34. The van der Waals surface area contributed by atoms with Crippen LogP contribution in [0, 0.1) is 5.41 Å². The van der Waals surface area contributed by atoms with Crippen LogP contribution in [0.25, 0.3) is 0 Å². The summed E-state index contributed by atoms with van der Waals surface area (Å²) in [6, 6.07) is 0. The highest BCUT2D eigenvalue weighted by atomic mass is 16.3. The number of anilines is 2. The summed E-state index contributed by atoms with van der Waals surface area (Å²) < 4.78 is 0. The summed E-state index contributed by atoms with van der Waals surface area (Å²) in [5, 5.41) is 16.0. The van der Waals surface area contributed by atoms with E-state index in [2.05, 4.69) is 41.4 Å². The molecule has 114 valence electrons. The van der Waals surface area contributed by atoms with Gasteiger partial charge >= 0.3 is 0 Å². The lowest BCUT2D eigenvalue weighted by Gasteiger charge is -2.24. The number of aromatic nitrogens is 2. The lowest BCUT2D eigenvalue weighted by Crippen LogP contribution is -2.27. The van der Waals surface area contributed by atoms with Crippen LogP contribution in [0.15, 0.2) is 6.33 Å². The van der Waals surface area contributed by atoms with Crippen molar-refractivity contribution in [2.75, 3.05) is 30.3 Å². The molecule has 5 nitrogen and oxygen atoms in total. The largest absolute Gasteiger partial charge is 0.396 e. The lowest BCUT2D eigenvalue weighted by atomic mass is 9.94. The van der Waals surface area contributed by atoms with Gasteiger partial charge in [-0.05, 0) is 12.3 Å². The van der Waals surface area contributed by atoms with E-state index in [9.17, 15) is 5.11 Å². The van der Waals surface area contributed by atoms with Crippen molar-refractivity contribution in [1.29, 1.82) is 0 Å². The fourth-order valence-corrected chi connectivity index (χ4v) is 1.85. The predicted octanol–water partition coefficient (Wildman–Crippen LogP) is 2.85. The van der Waals surface area contributed by atoms with E-state index in [-0.39, 0.29) is 12.0 Å². The average molecular weight is 280 g/mol. The van der Waals surface area contributed by atoms with Gasteiger partial charge in [0.15, 0.2) is 0 Å². The Kier molecular flexibility index (Phi) is 6.20. The Morgan fingerprint density at radius 2 is 1.80 bits per heavy atom. The second-order valence-corrected chi connectivity index (χ2v) is 6.24. The van der Waals surface area contributed by atoms with Gasteiger partial charge < -0.3 is 15.7 Å². The minimum atomic E-state index is -0.170. The molecule has 0 amide bonds. The summed E-state index contributed by atoms with van der Waals surface area (Å²) in [6.45, 7) is 12.2. The molecule has 0 saturated heterocycles. The summed E-state index contributed by atoms with van der Waals surface area (Å²) in [6.07, 6.45) is 2.64. The van der Waals surface area contributed by atoms with Crippen molar-refractivity contribution in [2.45, 2.75) is 47.0 Å². The molecule has 0 spiro atoms. The summed E-state index contributed by atoms with van der Waals surface area (Å²) in [4.78, 5) is 8.71. The molecule has 0 aliphatic carbocycles. The molecule has 0 atom stereocenters. The van der Waals surface area contributed by atoms with Gasteiger partial charge in [-0.3, -0.25) is 0 Å². The molecule has 1 rings (SSSR count). The van der Waals surface area contributed by atoms with Crippen LogP contribution in [-0.4, -0.2) is 34.8 Å². The molecule has 0 aliphatic heterocycles. The van der Waals surface area contributed by atoms with Gasteiger partial charge in [0, 0.05) is 30.7 Å². The Hall–Kier alpha value is -1.36. The monoisotopic (exact) mass is 280 g/mol. The van der Waals surface area contributed by atoms with Gasteiger partial charge in [0.05, 0.1) is 0 Å². The van der Waals surface area contributed by atoms with E-state index < -0.39 is 0 Å². The van der Waals surface area contributed by atoms with Crippen LogP contribution in [0.3, 0.4) is 0 Å². The van der Waals surface area contributed by atoms with Crippen molar-refractivity contribution in [3.8, 4) is 0 Å². The topological polar surface area (TPSA) is 70.1 Å². The number of hydrogen-bond acceptors (Lipinski definition) is 5. The van der Waals surface area contributed by atoms with E-state index in [1.165, 1.54) is 0 Å². The Labute approximate surface area is 122 Å². The first-order chi connectivity index (χ1) is 9.41. The number of nitrogens with one attached hydrogen (secondary N) is 2. The normalized spacial score (nSPS) is 11.8. The van der Waals surface area contributed by atoms with Gasteiger partial charge in [-0.15, -0.1) is 0 Å². The first-order valence-corrected chi connectivity index (χ1v) is 7.34. The minimum Gasteiger partial charge on any atom is -0.396 e. The summed E-state index contributed by atoms with van der Waals surface area (Å²) in [7, 11) is 0. The third-order valence-corrected chi connectivity index (χ3v) is 3.17. The van der Waals surface area contributed by atoms with E-state index in [4.69, 9.17) is 0 Å².